The number of benzene rings is 1. The fraction of sp³-hybridized carbons (Fsp3) is 0.273. The average Bonchev–Trinajstić information content (AvgIpc) is 2.28. The number of para-hydroxylation sites is 1. The Labute approximate surface area is 103 Å². The van der Waals surface area contributed by atoms with Gasteiger partial charge in [0.1, 0.15) is 11.9 Å². The molecule has 0 unspecified atom stereocenters. The molecule has 0 aliphatic heterocycles. The molecule has 0 saturated heterocycles. The van der Waals surface area contributed by atoms with Gasteiger partial charge >= 0.3 is 18.0 Å². The minimum atomic E-state index is -6.40. The van der Waals surface area contributed by atoms with Crippen LogP contribution in [-0.4, -0.2) is 18.0 Å². The van der Waals surface area contributed by atoms with Crippen LogP contribution < -0.4 is 4.74 Å². The minimum Gasteiger partial charge on any atom is -0.407 e. The summed E-state index contributed by atoms with van der Waals surface area (Å²) < 4.78 is 89.7. The first-order valence-electron chi connectivity index (χ1n) is 4.64. The summed E-state index contributed by atoms with van der Waals surface area (Å²) in [5.41, 5.74) is 0. The first-order valence-corrected chi connectivity index (χ1v) is 4.64. The monoisotopic (exact) mass is 286 g/mol. The van der Waals surface area contributed by atoms with E-state index in [2.05, 4.69) is 4.74 Å². The molecule has 0 aromatic heterocycles. The van der Waals surface area contributed by atoms with Gasteiger partial charge in [0.2, 0.25) is 0 Å². The molecule has 0 aliphatic carbocycles. The highest BCUT2D eigenvalue weighted by atomic mass is 19.4. The molecule has 19 heavy (non-hydrogen) atoms. The van der Waals surface area contributed by atoms with E-state index in [0.717, 1.165) is 6.11 Å². The van der Waals surface area contributed by atoms with Gasteiger partial charge in [-0.2, -0.15) is 30.7 Å². The fourth-order valence-corrected chi connectivity index (χ4v) is 0.894. The van der Waals surface area contributed by atoms with Crippen molar-refractivity contribution in [2.75, 3.05) is 0 Å². The van der Waals surface area contributed by atoms with Crippen molar-refractivity contribution in [3.05, 3.63) is 30.3 Å². The van der Waals surface area contributed by atoms with E-state index in [4.69, 9.17) is 0 Å². The molecule has 1 aromatic carbocycles. The van der Waals surface area contributed by atoms with Crippen molar-refractivity contribution in [3.63, 3.8) is 0 Å². The summed E-state index contributed by atoms with van der Waals surface area (Å²) in [6.07, 6.45) is -5.26. The van der Waals surface area contributed by atoms with Gasteiger partial charge in [-0.1, -0.05) is 18.2 Å². The summed E-state index contributed by atoms with van der Waals surface area (Å²) >= 11 is 0. The molecule has 104 valence electrons. The lowest BCUT2D eigenvalue weighted by Gasteiger charge is -2.23. The number of ether oxygens (including phenoxy) is 1. The topological polar surface area (TPSA) is 9.23 Å². The molecule has 0 saturated carbocycles. The highest BCUT2D eigenvalue weighted by Gasteiger charge is 2.72. The Kier molecular flexibility index (Phi) is 3.98. The van der Waals surface area contributed by atoms with Crippen molar-refractivity contribution in [2.45, 2.75) is 18.0 Å². The van der Waals surface area contributed by atoms with E-state index < -0.39 is 18.0 Å². The number of rotatable bonds is 2. The van der Waals surface area contributed by atoms with Gasteiger partial charge < -0.3 is 4.74 Å². The smallest absolute Gasteiger partial charge is 0.407 e. The van der Waals surface area contributed by atoms with Crippen molar-refractivity contribution in [1.82, 2.24) is 0 Å². The van der Waals surface area contributed by atoms with Gasteiger partial charge in [0.05, 0.1) is 0 Å². The maximum absolute atomic E-state index is 12.7. The molecule has 0 fully saturated rings. The van der Waals surface area contributed by atoms with E-state index in [1.54, 1.807) is 6.07 Å². The Bertz CT molecular complexity index is 481. The zero-order valence-electron chi connectivity index (χ0n) is 8.94. The van der Waals surface area contributed by atoms with Crippen molar-refractivity contribution in [2.24, 2.45) is 0 Å². The standard InChI is InChI=1S/C11H5F7O/c12-9(13,10(14,15)11(16,17)18)6-7-19-8-4-2-1-3-5-8/h1-5H. The summed E-state index contributed by atoms with van der Waals surface area (Å²) in [4.78, 5) is 0. The van der Waals surface area contributed by atoms with Crippen molar-refractivity contribution < 1.29 is 35.5 Å². The lowest BCUT2D eigenvalue weighted by Crippen LogP contribution is -2.51. The Morgan fingerprint density at radius 1 is 0.842 bits per heavy atom. The van der Waals surface area contributed by atoms with Gasteiger partial charge in [-0.25, -0.2) is 0 Å². The van der Waals surface area contributed by atoms with Crippen LogP contribution in [0, 0.1) is 12.0 Å². The Balaban J connectivity index is 2.87. The molecule has 0 bridgehead atoms. The SMILES string of the molecule is FC(F)(F)C(F)(F)C(F)(F)C#COc1ccccc1. The second kappa shape index (κ2) is 4.99. The van der Waals surface area contributed by atoms with Crippen LogP contribution in [0.1, 0.15) is 0 Å². The molecule has 1 nitrogen and oxygen atoms in total. The minimum absolute atomic E-state index is 0.0684. The van der Waals surface area contributed by atoms with Gasteiger partial charge in [-0.15, -0.1) is 0 Å². The quantitative estimate of drug-likeness (QED) is 0.592. The Morgan fingerprint density at radius 3 is 1.84 bits per heavy atom. The lowest BCUT2D eigenvalue weighted by atomic mass is 10.2. The zero-order chi connectivity index (χ0) is 14.7. The predicted octanol–water partition coefficient (Wildman–Crippen LogP) is 3.86. The second-order valence-electron chi connectivity index (χ2n) is 3.29. The molecule has 0 N–H and O–H groups in total. The molecule has 0 amide bonds. The summed E-state index contributed by atoms with van der Waals surface area (Å²) in [6, 6.07) is 6.93. The van der Waals surface area contributed by atoms with Crippen LogP contribution in [0.4, 0.5) is 30.7 Å². The number of halogens is 7. The van der Waals surface area contributed by atoms with E-state index in [9.17, 15) is 30.7 Å². The van der Waals surface area contributed by atoms with E-state index in [1.807, 2.05) is 0 Å². The maximum atomic E-state index is 12.7. The third-order valence-corrected chi connectivity index (χ3v) is 1.87. The predicted molar refractivity (Wildman–Crippen MR) is 50.8 cm³/mol. The summed E-state index contributed by atoms with van der Waals surface area (Å²) in [5.74, 6) is -11.4. The first-order chi connectivity index (χ1) is 8.58. The van der Waals surface area contributed by atoms with Crippen LogP contribution in [0.15, 0.2) is 30.3 Å². The molecule has 0 aliphatic rings. The summed E-state index contributed by atoms with van der Waals surface area (Å²) in [7, 11) is 0. The van der Waals surface area contributed by atoms with E-state index in [-0.39, 0.29) is 5.75 Å². The zero-order valence-corrected chi connectivity index (χ0v) is 8.94. The molecule has 0 radical (unpaired) electrons. The molecule has 8 heteroatoms. The number of alkyl halides is 7. The van der Waals surface area contributed by atoms with Crippen molar-refractivity contribution >= 4 is 0 Å². The van der Waals surface area contributed by atoms with E-state index >= 15 is 0 Å². The molecular formula is C11H5F7O. The van der Waals surface area contributed by atoms with Crippen molar-refractivity contribution in [3.8, 4) is 17.8 Å². The molecule has 0 spiro atoms. The highest BCUT2D eigenvalue weighted by molar-refractivity contribution is 5.24. The molecule has 1 aromatic rings. The largest absolute Gasteiger partial charge is 0.461 e. The van der Waals surface area contributed by atoms with Crippen LogP contribution >= 0.6 is 0 Å². The Hall–Kier alpha value is -1.91. The number of hydrogen-bond donors (Lipinski definition) is 0. The third kappa shape index (κ3) is 3.30. The first kappa shape index (κ1) is 15.1. The van der Waals surface area contributed by atoms with Gasteiger partial charge in [0.15, 0.2) is 0 Å². The van der Waals surface area contributed by atoms with Gasteiger partial charge in [-0.05, 0) is 12.1 Å². The number of hydrogen-bond acceptors (Lipinski definition) is 1. The molecule has 0 atom stereocenters. The average molecular weight is 286 g/mol. The van der Waals surface area contributed by atoms with E-state index in [0.29, 0.717) is 5.92 Å². The van der Waals surface area contributed by atoms with Crippen LogP contribution in [0.5, 0.6) is 5.75 Å². The van der Waals surface area contributed by atoms with Gasteiger partial charge in [0.25, 0.3) is 0 Å². The molecular weight excluding hydrogens is 281 g/mol. The third-order valence-electron chi connectivity index (χ3n) is 1.87. The van der Waals surface area contributed by atoms with E-state index in [1.165, 1.54) is 24.3 Å². The fourth-order valence-electron chi connectivity index (χ4n) is 0.894. The van der Waals surface area contributed by atoms with Crippen LogP contribution in [0.2, 0.25) is 0 Å². The molecule has 1 rings (SSSR count). The normalized spacial score (nSPS) is 12.6. The maximum Gasteiger partial charge on any atom is 0.461 e. The Morgan fingerprint density at radius 2 is 1.37 bits per heavy atom. The van der Waals surface area contributed by atoms with Gasteiger partial charge in [0, 0.05) is 5.92 Å². The van der Waals surface area contributed by atoms with Gasteiger partial charge in [-0.3, -0.25) is 0 Å². The molecule has 0 heterocycles. The van der Waals surface area contributed by atoms with Crippen LogP contribution in [0.25, 0.3) is 0 Å². The lowest BCUT2D eigenvalue weighted by molar-refractivity contribution is -0.339. The second-order valence-corrected chi connectivity index (χ2v) is 3.29. The van der Waals surface area contributed by atoms with Crippen LogP contribution in [0.3, 0.4) is 0 Å². The van der Waals surface area contributed by atoms with Crippen LogP contribution in [-0.2, 0) is 0 Å². The summed E-state index contributed by atoms with van der Waals surface area (Å²) in [6.45, 7) is 0. The summed E-state index contributed by atoms with van der Waals surface area (Å²) in [5, 5.41) is 0. The highest BCUT2D eigenvalue weighted by Crippen LogP contribution is 2.46. The van der Waals surface area contributed by atoms with Crippen molar-refractivity contribution in [1.29, 1.82) is 0 Å².